The first kappa shape index (κ1) is 15.1. The van der Waals surface area contributed by atoms with Crippen LogP contribution in [0.4, 0.5) is 0 Å². The molecular weight excluding hydrogens is 264 g/mol. The van der Waals surface area contributed by atoms with Crippen molar-refractivity contribution in [1.82, 2.24) is 10.3 Å². The largest absolute Gasteiger partial charge is 0.493 e. The number of hydrogen-bond acceptors (Lipinski definition) is 4. The number of aromatic nitrogens is 1. The van der Waals surface area contributed by atoms with Gasteiger partial charge in [0.05, 0.1) is 7.11 Å². The number of nitrogens with zero attached hydrogens (tertiary/aromatic N) is 1. The number of ether oxygens (including phenoxy) is 2. The quantitative estimate of drug-likeness (QED) is 0.757. The third-order valence-electron chi connectivity index (χ3n) is 2.99. The summed E-state index contributed by atoms with van der Waals surface area (Å²) in [5.74, 6) is 1.50. The summed E-state index contributed by atoms with van der Waals surface area (Å²) in [4.78, 5) is 4.10. The predicted octanol–water partition coefficient (Wildman–Crippen LogP) is 2.94. The van der Waals surface area contributed by atoms with Crippen LogP contribution in [-0.2, 0) is 13.1 Å². The van der Waals surface area contributed by atoms with Gasteiger partial charge in [-0.1, -0.05) is 30.9 Å². The van der Waals surface area contributed by atoms with E-state index in [1.807, 2.05) is 36.5 Å². The lowest BCUT2D eigenvalue weighted by atomic mass is 10.1. The van der Waals surface area contributed by atoms with Crippen molar-refractivity contribution in [1.29, 1.82) is 0 Å². The number of hydrogen-bond donors (Lipinski definition) is 1. The first-order valence-electron chi connectivity index (χ1n) is 6.84. The summed E-state index contributed by atoms with van der Waals surface area (Å²) in [7, 11) is 1.64. The molecule has 0 fully saturated rings. The normalized spacial score (nSPS) is 10.1. The molecule has 1 aromatic heterocycles. The number of methoxy groups -OCH3 is 1. The summed E-state index contributed by atoms with van der Waals surface area (Å²) >= 11 is 0. The minimum absolute atomic E-state index is 0.454. The van der Waals surface area contributed by atoms with Gasteiger partial charge in [-0.15, -0.1) is 0 Å². The highest BCUT2D eigenvalue weighted by Gasteiger charge is 2.09. The Labute approximate surface area is 125 Å². The first-order valence-corrected chi connectivity index (χ1v) is 6.84. The van der Waals surface area contributed by atoms with Crippen LogP contribution in [0.25, 0.3) is 0 Å². The average molecular weight is 284 g/mol. The van der Waals surface area contributed by atoms with Crippen LogP contribution < -0.4 is 14.8 Å². The van der Waals surface area contributed by atoms with E-state index in [-0.39, 0.29) is 0 Å². The summed E-state index contributed by atoms with van der Waals surface area (Å²) in [6.07, 6.45) is 5.35. The number of benzene rings is 1. The van der Waals surface area contributed by atoms with Gasteiger partial charge in [0.15, 0.2) is 11.5 Å². The lowest BCUT2D eigenvalue weighted by molar-refractivity contribution is 0.322. The minimum atomic E-state index is 0.454. The zero-order chi connectivity index (χ0) is 14.9. The Morgan fingerprint density at radius 3 is 2.86 bits per heavy atom. The summed E-state index contributed by atoms with van der Waals surface area (Å²) in [5, 5.41) is 3.38. The van der Waals surface area contributed by atoms with Gasteiger partial charge in [-0.05, 0) is 17.7 Å². The van der Waals surface area contributed by atoms with Crippen LogP contribution in [0.1, 0.15) is 11.1 Å². The maximum absolute atomic E-state index is 5.72. The Bertz CT molecular complexity index is 570. The maximum atomic E-state index is 5.72. The third kappa shape index (κ3) is 4.33. The van der Waals surface area contributed by atoms with Gasteiger partial charge in [0, 0.05) is 31.0 Å². The second-order valence-corrected chi connectivity index (χ2v) is 4.51. The predicted molar refractivity (Wildman–Crippen MR) is 83.5 cm³/mol. The van der Waals surface area contributed by atoms with Gasteiger partial charge in [0.25, 0.3) is 0 Å². The van der Waals surface area contributed by atoms with Gasteiger partial charge in [0.2, 0.25) is 0 Å². The Morgan fingerprint density at radius 1 is 1.24 bits per heavy atom. The Hall–Kier alpha value is -2.33. The van der Waals surface area contributed by atoms with Crippen LogP contribution >= 0.6 is 0 Å². The number of rotatable bonds is 8. The molecule has 1 aromatic carbocycles. The molecule has 2 aromatic rings. The van der Waals surface area contributed by atoms with Gasteiger partial charge in [-0.3, -0.25) is 4.98 Å². The van der Waals surface area contributed by atoms with E-state index in [1.54, 1.807) is 19.4 Å². The van der Waals surface area contributed by atoms with E-state index < -0.39 is 0 Å². The van der Waals surface area contributed by atoms with Crippen LogP contribution in [-0.4, -0.2) is 18.7 Å². The molecular formula is C17H20N2O2. The van der Waals surface area contributed by atoms with E-state index in [0.717, 1.165) is 29.2 Å². The van der Waals surface area contributed by atoms with Crippen molar-refractivity contribution in [3.05, 3.63) is 66.5 Å². The van der Waals surface area contributed by atoms with Crippen molar-refractivity contribution >= 4 is 0 Å². The Morgan fingerprint density at radius 2 is 2.14 bits per heavy atom. The van der Waals surface area contributed by atoms with Crippen LogP contribution in [0, 0.1) is 0 Å². The summed E-state index contributed by atoms with van der Waals surface area (Å²) in [6.45, 7) is 5.58. The van der Waals surface area contributed by atoms with E-state index in [0.29, 0.717) is 13.2 Å². The summed E-state index contributed by atoms with van der Waals surface area (Å²) < 4.78 is 11.1. The van der Waals surface area contributed by atoms with Gasteiger partial charge in [-0.2, -0.15) is 0 Å². The SMILES string of the molecule is C=CCOc1c(CNCc2cccnc2)cccc1OC. The molecule has 0 aliphatic rings. The molecule has 0 spiro atoms. The fourth-order valence-electron chi connectivity index (χ4n) is 2.01. The fraction of sp³-hybridized carbons (Fsp3) is 0.235. The van der Waals surface area contributed by atoms with E-state index >= 15 is 0 Å². The average Bonchev–Trinajstić information content (AvgIpc) is 2.54. The van der Waals surface area contributed by atoms with Crippen molar-refractivity contribution in [2.24, 2.45) is 0 Å². The van der Waals surface area contributed by atoms with Crippen LogP contribution in [0.2, 0.25) is 0 Å². The Balaban J connectivity index is 2.03. The smallest absolute Gasteiger partial charge is 0.166 e. The summed E-state index contributed by atoms with van der Waals surface area (Å²) in [6, 6.07) is 9.85. The molecule has 4 nitrogen and oxygen atoms in total. The molecule has 1 heterocycles. The minimum Gasteiger partial charge on any atom is -0.493 e. The van der Waals surface area contributed by atoms with Crippen molar-refractivity contribution < 1.29 is 9.47 Å². The highest BCUT2D eigenvalue weighted by molar-refractivity contribution is 5.46. The molecule has 0 aliphatic carbocycles. The van der Waals surface area contributed by atoms with Gasteiger partial charge in [0.1, 0.15) is 6.61 Å². The molecule has 1 N–H and O–H groups in total. The first-order chi connectivity index (χ1) is 10.3. The molecule has 0 saturated heterocycles. The molecule has 0 radical (unpaired) electrons. The van der Waals surface area contributed by atoms with E-state index in [4.69, 9.17) is 9.47 Å². The zero-order valence-corrected chi connectivity index (χ0v) is 12.2. The lowest BCUT2D eigenvalue weighted by Crippen LogP contribution is -2.14. The molecule has 0 amide bonds. The monoisotopic (exact) mass is 284 g/mol. The zero-order valence-electron chi connectivity index (χ0n) is 12.2. The van der Waals surface area contributed by atoms with Crippen molar-refractivity contribution in [2.75, 3.05) is 13.7 Å². The second-order valence-electron chi connectivity index (χ2n) is 4.51. The van der Waals surface area contributed by atoms with Crippen molar-refractivity contribution in [2.45, 2.75) is 13.1 Å². The standard InChI is InChI=1S/C17H20N2O2/c1-3-10-21-17-15(7-4-8-16(17)20-2)13-19-12-14-6-5-9-18-11-14/h3-9,11,19H,1,10,12-13H2,2H3. The molecule has 0 saturated carbocycles. The third-order valence-corrected chi connectivity index (χ3v) is 2.99. The van der Waals surface area contributed by atoms with Crippen molar-refractivity contribution in [3.63, 3.8) is 0 Å². The van der Waals surface area contributed by atoms with Gasteiger partial charge in [-0.25, -0.2) is 0 Å². The van der Waals surface area contributed by atoms with Gasteiger partial charge >= 0.3 is 0 Å². The highest BCUT2D eigenvalue weighted by Crippen LogP contribution is 2.31. The van der Waals surface area contributed by atoms with E-state index in [9.17, 15) is 0 Å². The molecule has 0 unspecified atom stereocenters. The Kier molecular flexibility index (Phi) is 5.79. The topological polar surface area (TPSA) is 43.4 Å². The lowest BCUT2D eigenvalue weighted by Gasteiger charge is -2.14. The maximum Gasteiger partial charge on any atom is 0.166 e. The fourth-order valence-corrected chi connectivity index (χ4v) is 2.01. The van der Waals surface area contributed by atoms with Crippen LogP contribution in [0.15, 0.2) is 55.4 Å². The number of nitrogens with one attached hydrogen (secondary N) is 1. The number of pyridine rings is 1. The second kappa shape index (κ2) is 8.07. The molecule has 0 atom stereocenters. The van der Waals surface area contributed by atoms with E-state index in [2.05, 4.69) is 16.9 Å². The number of para-hydroxylation sites is 1. The van der Waals surface area contributed by atoms with Crippen molar-refractivity contribution in [3.8, 4) is 11.5 Å². The molecule has 0 aliphatic heterocycles. The van der Waals surface area contributed by atoms with Gasteiger partial charge < -0.3 is 14.8 Å². The highest BCUT2D eigenvalue weighted by atomic mass is 16.5. The van der Waals surface area contributed by atoms with Crippen LogP contribution in [0.5, 0.6) is 11.5 Å². The van der Waals surface area contributed by atoms with E-state index in [1.165, 1.54) is 0 Å². The van der Waals surface area contributed by atoms with Crippen LogP contribution in [0.3, 0.4) is 0 Å². The molecule has 0 bridgehead atoms. The summed E-state index contributed by atoms with van der Waals surface area (Å²) in [5.41, 5.74) is 2.20. The molecule has 110 valence electrons. The molecule has 21 heavy (non-hydrogen) atoms. The molecule has 2 rings (SSSR count). The molecule has 4 heteroatoms.